The second-order valence-corrected chi connectivity index (χ2v) is 7.09. The van der Waals surface area contributed by atoms with E-state index in [0.29, 0.717) is 5.02 Å². The van der Waals surface area contributed by atoms with E-state index < -0.39 is 0 Å². The fraction of sp³-hybridized carbons (Fsp3) is 0.588. The zero-order valence-corrected chi connectivity index (χ0v) is 13.0. The molecule has 0 aromatic heterocycles. The van der Waals surface area contributed by atoms with Crippen molar-refractivity contribution in [3.8, 4) is 0 Å². The average Bonchev–Trinajstić information content (AvgIpc) is 3.12. The molecule has 1 spiro atoms. The number of benzene rings is 1. The summed E-state index contributed by atoms with van der Waals surface area (Å²) in [6, 6.07) is 7.69. The molecule has 3 aliphatic rings. The van der Waals surface area contributed by atoms with Crippen LogP contribution in [0.2, 0.25) is 5.02 Å². The Labute approximate surface area is 130 Å². The van der Waals surface area contributed by atoms with E-state index in [-0.39, 0.29) is 11.4 Å². The van der Waals surface area contributed by atoms with Crippen LogP contribution in [0.5, 0.6) is 0 Å². The Kier molecular flexibility index (Phi) is 3.23. The smallest absolute Gasteiger partial charge is 0.247 e. The molecule has 2 aliphatic heterocycles. The first-order chi connectivity index (χ1) is 10.2. The van der Waals surface area contributed by atoms with Crippen LogP contribution in [0.4, 0.5) is 5.69 Å². The first-order valence-corrected chi connectivity index (χ1v) is 8.40. The van der Waals surface area contributed by atoms with Gasteiger partial charge >= 0.3 is 0 Å². The maximum atomic E-state index is 13.1. The van der Waals surface area contributed by atoms with Crippen molar-refractivity contribution in [3.05, 3.63) is 29.3 Å². The summed E-state index contributed by atoms with van der Waals surface area (Å²) in [6.45, 7) is 2.99. The molecule has 1 saturated carbocycles. The minimum absolute atomic E-state index is 0.234. The van der Waals surface area contributed by atoms with Gasteiger partial charge in [0.2, 0.25) is 5.91 Å². The molecule has 21 heavy (non-hydrogen) atoms. The third-order valence-electron chi connectivity index (χ3n) is 5.33. The molecule has 0 N–H and O–H groups in total. The topological polar surface area (TPSA) is 23.6 Å². The summed E-state index contributed by atoms with van der Waals surface area (Å²) in [7, 11) is 0. The van der Waals surface area contributed by atoms with Crippen molar-refractivity contribution >= 4 is 23.2 Å². The van der Waals surface area contributed by atoms with Gasteiger partial charge in [-0.25, -0.2) is 0 Å². The SMILES string of the molecule is O=C1N(c2ccccc2Cl)CCC12CCCN2CC1CC1. The summed E-state index contributed by atoms with van der Waals surface area (Å²) in [5.41, 5.74) is 0.640. The van der Waals surface area contributed by atoms with Gasteiger partial charge in [-0.15, -0.1) is 0 Å². The number of hydrogen-bond donors (Lipinski definition) is 0. The van der Waals surface area contributed by atoms with Gasteiger partial charge in [0.1, 0.15) is 5.54 Å². The van der Waals surface area contributed by atoms with Crippen LogP contribution in [0.25, 0.3) is 0 Å². The Hall–Kier alpha value is -1.06. The molecule has 1 unspecified atom stereocenters. The summed E-state index contributed by atoms with van der Waals surface area (Å²) >= 11 is 6.29. The molecule has 0 bridgehead atoms. The van der Waals surface area contributed by atoms with E-state index in [1.165, 1.54) is 12.8 Å². The van der Waals surface area contributed by atoms with Gasteiger partial charge in [-0.05, 0) is 56.7 Å². The van der Waals surface area contributed by atoms with Gasteiger partial charge in [0.15, 0.2) is 0 Å². The minimum atomic E-state index is -0.234. The number of para-hydroxylation sites is 1. The van der Waals surface area contributed by atoms with Gasteiger partial charge in [-0.2, -0.15) is 0 Å². The quantitative estimate of drug-likeness (QED) is 0.855. The lowest BCUT2D eigenvalue weighted by Gasteiger charge is -2.33. The fourth-order valence-corrected chi connectivity index (χ4v) is 4.23. The number of carbonyl (C=O) groups is 1. The highest BCUT2D eigenvalue weighted by Crippen LogP contribution is 2.44. The van der Waals surface area contributed by atoms with Crippen molar-refractivity contribution in [1.29, 1.82) is 0 Å². The van der Waals surface area contributed by atoms with Gasteiger partial charge in [0.05, 0.1) is 10.7 Å². The number of likely N-dealkylation sites (tertiary alicyclic amines) is 1. The molecular formula is C17H21ClN2O. The predicted molar refractivity (Wildman–Crippen MR) is 84.7 cm³/mol. The van der Waals surface area contributed by atoms with Crippen molar-refractivity contribution in [2.24, 2.45) is 5.92 Å². The lowest BCUT2D eigenvalue weighted by Crippen LogP contribution is -2.51. The van der Waals surface area contributed by atoms with Crippen LogP contribution in [-0.2, 0) is 4.79 Å². The number of rotatable bonds is 3. The van der Waals surface area contributed by atoms with E-state index >= 15 is 0 Å². The molecule has 4 rings (SSSR count). The number of nitrogens with zero attached hydrogens (tertiary/aromatic N) is 2. The van der Waals surface area contributed by atoms with Crippen LogP contribution < -0.4 is 4.90 Å². The van der Waals surface area contributed by atoms with E-state index in [0.717, 1.165) is 50.5 Å². The number of halogens is 1. The normalized spacial score (nSPS) is 29.8. The van der Waals surface area contributed by atoms with E-state index in [2.05, 4.69) is 4.90 Å². The van der Waals surface area contributed by atoms with E-state index in [9.17, 15) is 4.79 Å². The van der Waals surface area contributed by atoms with E-state index in [1.54, 1.807) is 0 Å². The summed E-state index contributed by atoms with van der Waals surface area (Å²) < 4.78 is 0. The molecule has 2 heterocycles. The van der Waals surface area contributed by atoms with Crippen LogP contribution in [0.15, 0.2) is 24.3 Å². The largest absolute Gasteiger partial charge is 0.309 e. The van der Waals surface area contributed by atoms with E-state index in [4.69, 9.17) is 11.6 Å². The second kappa shape index (κ2) is 4.99. The maximum absolute atomic E-state index is 13.1. The van der Waals surface area contributed by atoms with Gasteiger partial charge in [-0.3, -0.25) is 9.69 Å². The highest BCUT2D eigenvalue weighted by atomic mass is 35.5. The lowest BCUT2D eigenvalue weighted by atomic mass is 9.94. The summed E-state index contributed by atoms with van der Waals surface area (Å²) in [5.74, 6) is 1.11. The van der Waals surface area contributed by atoms with Gasteiger partial charge in [0.25, 0.3) is 0 Å². The molecule has 1 aromatic carbocycles. The van der Waals surface area contributed by atoms with Gasteiger partial charge in [0, 0.05) is 13.1 Å². The number of carbonyl (C=O) groups excluding carboxylic acids is 1. The van der Waals surface area contributed by atoms with Crippen molar-refractivity contribution < 1.29 is 4.79 Å². The minimum Gasteiger partial charge on any atom is -0.309 e. The Morgan fingerprint density at radius 3 is 2.76 bits per heavy atom. The van der Waals surface area contributed by atoms with Crippen LogP contribution in [-0.4, -0.2) is 36.0 Å². The first kappa shape index (κ1) is 13.6. The van der Waals surface area contributed by atoms with Crippen molar-refractivity contribution in [3.63, 3.8) is 0 Å². The van der Waals surface area contributed by atoms with Crippen LogP contribution in [0.3, 0.4) is 0 Å². The molecule has 4 heteroatoms. The zero-order chi connectivity index (χ0) is 14.4. The fourth-order valence-electron chi connectivity index (χ4n) is 3.99. The summed E-state index contributed by atoms with van der Waals surface area (Å²) in [4.78, 5) is 17.5. The summed E-state index contributed by atoms with van der Waals surface area (Å²) in [6.07, 6.45) is 5.79. The predicted octanol–water partition coefficient (Wildman–Crippen LogP) is 3.32. The third-order valence-corrected chi connectivity index (χ3v) is 5.65. The molecule has 1 amide bonds. The van der Waals surface area contributed by atoms with E-state index in [1.807, 2.05) is 29.2 Å². The summed E-state index contributed by atoms with van der Waals surface area (Å²) in [5, 5.41) is 0.676. The van der Waals surface area contributed by atoms with Gasteiger partial charge in [-0.1, -0.05) is 23.7 Å². The Morgan fingerprint density at radius 1 is 1.19 bits per heavy atom. The first-order valence-electron chi connectivity index (χ1n) is 8.02. The molecule has 112 valence electrons. The highest BCUT2D eigenvalue weighted by Gasteiger charge is 2.54. The third kappa shape index (κ3) is 2.18. The maximum Gasteiger partial charge on any atom is 0.247 e. The number of anilines is 1. The molecule has 2 saturated heterocycles. The van der Waals surface area contributed by atoms with Crippen molar-refractivity contribution in [2.75, 3.05) is 24.5 Å². The standard InChI is InChI=1S/C17H21ClN2O/c18-14-4-1-2-5-15(14)20-11-9-17(16(20)21)8-3-10-19(17)12-13-6-7-13/h1-2,4-5,13H,3,6-12H2. The van der Waals surface area contributed by atoms with Crippen molar-refractivity contribution in [1.82, 2.24) is 4.90 Å². The molecule has 0 radical (unpaired) electrons. The average molecular weight is 305 g/mol. The van der Waals surface area contributed by atoms with Crippen LogP contribution in [0.1, 0.15) is 32.1 Å². The number of amides is 1. The molecular weight excluding hydrogens is 284 g/mol. The second-order valence-electron chi connectivity index (χ2n) is 6.68. The lowest BCUT2D eigenvalue weighted by molar-refractivity contribution is -0.126. The zero-order valence-electron chi connectivity index (χ0n) is 12.2. The Bertz CT molecular complexity index is 572. The monoisotopic (exact) mass is 304 g/mol. The Balaban J connectivity index is 1.61. The van der Waals surface area contributed by atoms with Crippen LogP contribution >= 0.6 is 11.6 Å². The molecule has 3 fully saturated rings. The molecule has 1 aliphatic carbocycles. The molecule has 1 aromatic rings. The van der Waals surface area contributed by atoms with Crippen molar-refractivity contribution in [2.45, 2.75) is 37.6 Å². The highest BCUT2D eigenvalue weighted by molar-refractivity contribution is 6.34. The van der Waals surface area contributed by atoms with Gasteiger partial charge < -0.3 is 4.90 Å². The molecule has 1 atom stereocenters. The van der Waals surface area contributed by atoms with Crippen LogP contribution in [0, 0.1) is 5.92 Å². The number of hydrogen-bond acceptors (Lipinski definition) is 2. The Morgan fingerprint density at radius 2 is 2.00 bits per heavy atom. The molecule has 3 nitrogen and oxygen atoms in total.